The number of rotatable bonds is 8. The zero-order valence-corrected chi connectivity index (χ0v) is 18.3. The predicted octanol–water partition coefficient (Wildman–Crippen LogP) is 4.37. The summed E-state index contributed by atoms with van der Waals surface area (Å²) in [4.78, 5) is 33.7. The van der Waals surface area contributed by atoms with Crippen molar-refractivity contribution in [3.8, 4) is 11.5 Å². The number of methoxy groups -OCH3 is 2. The third-order valence-electron chi connectivity index (χ3n) is 4.83. The van der Waals surface area contributed by atoms with Crippen LogP contribution in [0.25, 0.3) is 0 Å². The van der Waals surface area contributed by atoms with Gasteiger partial charge < -0.3 is 9.47 Å². The van der Waals surface area contributed by atoms with Crippen molar-refractivity contribution >= 4 is 34.1 Å². The lowest BCUT2D eigenvalue weighted by Crippen LogP contribution is -2.35. The summed E-state index contributed by atoms with van der Waals surface area (Å²) in [7, 11) is 3.04. The van der Waals surface area contributed by atoms with E-state index in [1.54, 1.807) is 18.2 Å². The third kappa shape index (κ3) is 4.64. The monoisotopic (exact) mass is 460 g/mol. The first-order valence-corrected chi connectivity index (χ1v) is 10.4. The van der Waals surface area contributed by atoms with Crippen molar-refractivity contribution in [2.24, 2.45) is 5.10 Å². The van der Waals surface area contributed by atoms with E-state index in [0.717, 1.165) is 34.5 Å². The molecule has 0 spiro atoms. The molecule has 3 rings (SSSR count). The zero-order valence-electron chi connectivity index (χ0n) is 17.5. The maximum Gasteiger partial charge on any atom is 0.302 e. The Balaban J connectivity index is 2.01. The lowest BCUT2D eigenvalue weighted by molar-refractivity contribution is -0.394. The van der Waals surface area contributed by atoms with E-state index in [2.05, 4.69) is 5.10 Å². The Morgan fingerprint density at radius 2 is 1.78 bits per heavy atom. The predicted molar refractivity (Wildman–Crippen MR) is 118 cm³/mol. The lowest BCUT2D eigenvalue weighted by Gasteiger charge is -2.28. The minimum absolute atomic E-state index is 0.139. The van der Waals surface area contributed by atoms with Crippen molar-refractivity contribution < 1.29 is 24.1 Å². The highest BCUT2D eigenvalue weighted by Gasteiger charge is 2.32. The van der Waals surface area contributed by atoms with Gasteiger partial charge in [0.15, 0.2) is 11.5 Å². The molecule has 12 heteroatoms. The molecule has 0 bridgehead atoms. The van der Waals surface area contributed by atoms with Crippen LogP contribution in [0.4, 0.5) is 16.2 Å². The fourth-order valence-electron chi connectivity index (χ4n) is 3.22. The molecule has 1 heterocycles. The van der Waals surface area contributed by atoms with Crippen LogP contribution in [0.3, 0.4) is 0 Å². The van der Waals surface area contributed by atoms with Crippen molar-refractivity contribution in [1.82, 2.24) is 5.01 Å². The number of thioether (sulfide) groups is 1. The van der Waals surface area contributed by atoms with E-state index in [9.17, 15) is 25.0 Å². The van der Waals surface area contributed by atoms with Crippen LogP contribution in [-0.2, 0) is 6.54 Å². The number of hydrogen-bond acceptors (Lipinski definition) is 9. The summed E-state index contributed by atoms with van der Waals surface area (Å²) < 4.78 is 10.6. The second kappa shape index (κ2) is 9.64. The summed E-state index contributed by atoms with van der Waals surface area (Å²) in [5.74, 6) is 1.05. The maximum atomic E-state index is 12.7. The Morgan fingerprint density at radius 3 is 2.38 bits per heavy atom. The molecule has 1 aliphatic heterocycles. The molecule has 1 amide bonds. The molecule has 1 unspecified atom stereocenters. The maximum absolute atomic E-state index is 12.7. The number of nitro benzene ring substituents is 2. The van der Waals surface area contributed by atoms with Gasteiger partial charge in [-0.2, -0.15) is 5.10 Å². The Morgan fingerprint density at radius 1 is 1.06 bits per heavy atom. The van der Waals surface area contributed by atoms with Crippen LogP contribution in [0.1, 0.15) is 24.5 Å². The molecule has 32 heavy (non-hydrogen) atoms. The summed E-state index contributed by atoms with van der Waals surface area (Å²) in [6, 6.07) is 8.60. The number of amides is 1. The number of hydrogen-bond donors (Lipinski definition) is 0. The third-order valence-corrected chi connectivity index (χ3v) is 6.09. The molecule has 0 radical (unpaired) electrons. The number of benzene rings is 2. The summed E-state index contributed by atoms with van der Waals surface area (Å²) in [6.07, 6.45) is 0.634. The first-order valence-electron chi connectivity index (χ1n) is 9.49. The quantitative estimate of drug-likeness (QED) is 0.418. The van der Waals surface area contributed by atoms with Crippen LogP contribution in [0.15, 0.2) is 41.5 Å². The minimum Gasteiger partial charge on any atom is -0.493 e. The molecule has 1 atom stereocenters. The molecule has 1 aliphatic rings. The number of carbonyl (C=O) groups is 1. The van der Waals surface area contributed by atoms with Gasteiger partial charge in [0.1, 0.15) is 0 Å². The SMILES string of the molecule is CCC1SC(=O)N(Cc2ccc([N+](=O)[O-])cc2[N+](=O)[O-])N=C1c1ccc(OC)c(OC)c1. The van der Waals surface area contributed by atoms with Crippen LogP contribution < -0.4 is 9.47 Å². The van der Waals surface area contributed by atoms with E-state index in [-0.39, 0.29) is 22.6 Å². The number of non-ortho nitro benzene ring substituents is 1. The topological polar surface area (TPSA) is 137 Å². The fraction of sp³-hybridized carbons (Fsp3) is 0.300. The second-order valence-corrected chi connectivity index (χ2v) is 7.87. The summed E-state index contributed by atoms with van der Waals surface area (Å²) >= 11 is 1.07. The highest BCUT2D eigenvalue weighted by molar-refractivity contribution is 8.14. The van der Waals surface area contributed by atoms with Crippen molar-refractivity contribution in [3.63, 3.8) is 0 Å². The molecule has 0 N–H and O–H groups in total. The Kier molecular flexibility index (Phi) is 6.93. The molecule has 11 nitrogen and oxygen atoms in total. The second-order valence-electron chi connectivity index (χ2n) is 6.72. The van der Waals surface area contributed by atoms with Crippen LogP contribution in [0, 0.1) is 20.2 Å². The summed E-state index contributed by atoms with van der Waals surface area (Å²) in [6.45, 7) is 1.73. The Hall–Kier alpha value is -3.67. The van der Waals surface area contributed by atoms with Gasteiger partial charge >= 0.3 is 5.24 Å². The van der Waals surface area contributed by atoms with Crippen molar-refractivity contribution in [2.75, 3.05) is 14.2 Å². The first kappa shape index (κ1) is 23.0. The molecular formula is C20H20N4O7S. The molecule has 0 aliphatic carbocycles. The zero-order chi connectivity index (χ0) is 23.4. The van der Waals surface area contributed by atoms with E-state index >= 15 is 0 Å². The van der Waals surface area contributed by atoms with Crippen molar-refractivity contribution in [2.45, 2.75) is 25.1 Å². The van der Waals surface area contributed by atoms with E-state index in [4.69, 9.17) is 9.47 Å². The van der Waals surface area contributed by atoms with E-state index in [0.29, 0.717) is 23.6 Å². The molecule has 168 valence electrons. The number of ether oxygens (including phenoxy) is 2. The van der Waals surface area contributed by atoms with Gasteiger partial charge in [0.05, 0.1) is 53.2 Å². The van der Waals surface area contributed by atoms with Crippen molar-refractivity contribution in [1.29, 1.82) is 0 Å². The first-order chi connectivity index (χ1) is 15.3. The van der Waals surface area contributed by atoms with Crippen LogP contribution in [-0.4, -0.2) is 45.3 Å². The molecule has 0 saturated heterocycles. The van der Waals surface area contributed by atoms with Crippen LogP contribution >= 0.6 is 11.8 Å². The summed E-state index contributed by atoms with van der Waals surface area (Å²) in [5, 5.41) is 27.5. The van der Waals surface area contributed by atoms with Gasteiger partial charge in [-0.1, -0.05) is 18.7 Å². The number of carbonyl (C=O) groups excluding carboxylic acids is 1. The fourth-order valence-corrected chi connectivity index (χ4v) is 4.15. The lowest BCUT2D eigenvalue weighted by atomic mass is 10.0. The largest absolute Gasteiger partial charge is 0.493 e. The molecule has 2 aromatic rings. The molecule has 0 fully saturated rings. The highest BCUT2D eigenvalue weighted by Crippen LogP contribution is 2.34. The van der Waals surface area contributed by atoms with E-state index in [1.165, 1.54) is 20.3 Å². The Labute approximate surface area is 187 Å². The van der Waals surface area contributed by atoms with Gasteiger partial charge in [-0.25, -0.2) is 5.01 Å². The van der Waals surface area contributed by atoms with Gasteiger partial charge in [-0.15, -0.1) is 0 Å². The summed E-state index contributed by atoms with van der Waals surface area (Å²) in [5.41, 5.74) is 0.623. The average Bonchev–Trinajstić information content (AvgIpc) is 2.79. The number of nitrogens with zero attached hydrogens (tertiary/aromatic N) is 4. The highest BCUT2D eigenvalue weighted by atomic mass is 32.2. The van der Waals surface area contributed by atoms with Gasteiger partial charge in [0, 0.05) is 11.6 Å². The molecule has 0 aromatic heterocycles. The standard InChI is InChI=1S/C20H20N4O7S/c1-4-18-19(12-6-8-16(30-2)17(9-12)31-3)21-22(20(25)32-18)11-13-5-7-14(23(26)27)10-15(13)24(28)29/h5-10,18H,4,11H2,1-3H3. The normalized spacial score (nSPS) is 15.8. The number of hydrazone groups is 1. The Bertz CT molecular complexity index is 1110. The molecule has 2 aromatic carbocycles. The smallest absolute Gasteiger partial charge is 0.302 e. The van der Waals surface area contributed by atoms with E-state index in [1.807, 2.05) is 6.92 Å². The van der Waals surface area contributed by atoms with Crippen molar-refractivity contribution in [3.05, 3.63) is 67.8 Å². The van der Waals surface area contributed by atoms with E-state index < -0.39 is 21.2 Å². The minimum atomic E-state index is -0.711. The van der Waals surface area contributed by atoms with Gasteiger partial charge in [-0.3, -0.25) is 25.0 Å². The van der Waals surface area contributed by atoms with Crippen LogP contribution in [0.2, 0.25) is 0 Å². The van der Waals surface area contributed by atoms with Gasteiger partial charge in [-0.05, 0) is 30.7 Å². The van der Waals surface area contributed by atoms with Gasteiger partial charge in [0.2, 0.25) is 0 Å². The van der Waals surface area contributed by atoms with Gasteiger partial charge in [0.25, 0.3) is 11.4 Å². The molecule has 0 saturated carbocycles. The van der Waals surface area contributed by atoms with Crippen LogP contribution in [0.5, 0.6) is 11.5 Å². The molecular weight excluding hydrogens is 440 g/mol. The average molecular weight is 460 g/mol. The number of nitro groups is 2.